The molecule has 0 saturated carbocycles. The number of benzene rings is 3. The van der Waals surface area contributed by atoms with E-state index in [1.54, 1.807) is 4.90 Å². The van der Waals surface area contributed by atoms with Gasteiger partial charge in [-0.1, -0.05) is 36.4 Å². The summed E-state index contributed by atoms with van der Waals surface area (Å²) in [5.74, 6) is 0.238. The number of nitrogens with one attached hydrogen (secondary N) is 1. The van der Waals surface area contributed by atoms with Crippen LogP contribution in [-0.2, 0) is 11.2 Å². The fourth-order valence-corrected chi connectivity index (χ4v) is 5.22. The summed E-state index contributed by atoms with van der Waals surface area (Å²) in [7, 11) is 0. The quantitative estimate of drug-likeness (QED) is 0.337. The molecule has 1 aromatic heterocycles. The number of rotatable bonds is 5. The molecule has 170 valence electrons. The number of hydrogen-bond donors (Lipinski definition) is 2. The normalized spacial score (nSPS) is 16.3. The lowest BCUT2D eigenvalue weighted by Gasteiger charge is -2.15. The summed E-state index contributed by atoms with van der Waals surface area (Å²) in [4.78, 5) is 24.0. The molecule has 0 radical (unpaired) electrons. The van der Waals surface area contributed by atoms with Crippen molar-refractivity contribution < 1.29 is 9.90 Å². The number of aromatic amines is 1. The van der Waals surface area contributed by atoms with Gasteiger partial charge >= 0.3 is 0 Å². The molecule has 0 bridgehead atoms. The standard InChI is InChI=1S/C28H25N3O2S/c1-18-14-20(15-19(2)26(18)32)16-25-27(33)31(28(34-25)30-22-8-4-3-5-9-22)13-12-21-17-29-24-11-7-6-10-23(21)24/h3-11,14-17,29,32H,12-13H2,1-2H3/b25-16-,30-28?. The molecule has 2 heterocycles. The van der Waals surface area contributed by atoms with Crippen LogP contribution in [0.1, 0.15) is 22.3 Å². The van der Waals surface area contributed by atoms with Crippen LogP contribution >= 0.6 is 11.8 Å². The molecule has 0 spiro atoms. The maximum Gasteiger partial charge on any atom is 0.266 e. The average molecular weight is 468 g/mol. The zero-order valence-electron chi connectivity index (χ0n) is 19.1. The van der Waals surface area contributed by atoms with Crippen molar-refractivity contribution in [3.05, 3.63) is 100 Å². The molecule has 2 N–H and O–H groups in total. The largest absolute Gasteiger partial charge is 0.507 e. The van der Waals surface area contributed by atoms with Gasteiger partial charge in [0.05, 0.1) is 10.6 Å². The van der Waals surface area contributed by atoms with Crippen LogP contribution in [0.3, 0.4) is 0 Å². The second kappa shape index (κ2) is 9.23. The molecule has 1 fully saturated rings. The van der Waals surface area contributed by atoms with Gasteiger partial charge in [-0.25, -0.2) is 4.99 Å². The first-order chi connectivity index (χ1) is 16.5. The smallest absolute Gasteiger partial charge is 0.266 e. The van der Waals surface area contributed by atoms with E-state index in [0.717, 1.165) is 34.3 Å². The molecular formula is C28H25N3O2S. The molecule has 0 atom stereocenters. The number of para-hydroxylation sites is 2. The molecule has 5 rings (SSSR count). The summed E-state index contributed by atoms with van der Waals surface area (Å²) in [5, 5.41) is 12.0. The fraction of sp³-hybridized carbons (Fsp3) is 0.143. The number of carbonyl (C=O) groups excluding carboxylic acids is 1. The maximum atomic E-state index is 13.5. The van der Waals surface area contributed by atoms with Crippen LogP contribution in [0.5, 0.6) is 5.75 Å². The molecule has 34 heavy (non-hydrogen) atoms. The summed E-state index contributed by atoms with van der Waals surface area (Å²) < 4.78 is 0. The molecule has 1 amide bonds. The minimum atomic E-state index is -0.0529. The molecule has 1 aliphatic rings. The molecule has 0 unspecified atom stereocenters. The average Bonchev–Trinajstić information content (AvgIpc) is 3.37. The lowest BCUT2D eigenvalue weighted by atomic mass is 10.1. The van der Waals surface area contributed by atoms with Crippen molar-refractivity contribution in [2.24, 2.45) is 4.99 Å². The summed E-state index contributed by atoms with van der Waals surface area (Å²) in [5.41, 5.74) is 5.55. The number of amidine groups is 1. The van der Waals surface area contributed by atoms with Crippen molar-refractivity contribution in [2.45, 2.75) is 20.3 Å². The van der Waals surface area contributed by atoms with E-state index in [9.17, 15) is 9.90 Å². The van der Waals surface area contributed by atoms with E-state index in [-0.39, 0.29) is 5.91 Å². The second-order valence-electron chi connectivity index (χ2n) is 8.41. The van der Waals surface area contributed by atoms with Gasteiger partial charge in [0, 0.05) is 23.6 Å². The molecule has 3 aromatic carbocycles. The second-order valence-corrected chi connectivity index (χ2v) is 9.42. The van der Waals surface area contributed by atoms with Gasteiger partial charge in [0.2, 0.25) is 0 Å². The predicted molar refractivity (Wildman–Crippen MR) is 140 cm³/mol. The Labute approximate surface area is 202 Å². The molecule has 1 aliphatic heterocycles. The fourth-order valence-electron chi connectivity index (χ4n) is 4.20. The third-order valence-corrected chi connectivity index (χ3v) is 6.97. The van der Waals surface area contributed by atoms with Crippen LogP contribution in [0.2, 0.25) is 0 Å². The van der Waals surface area contributed by atoms with E-state index in [4.69, 9.17) is 4.99 Å². The highest BCUT2D eigenvalue weighted by Gasteiger charge is 2.33. The van der Waals surface area contributed by atoms with E-state index in [0.29, 0.717) is 22.4 Å². The number of fused-ring (bicyclic) bond motifs is 1. The van der Waals surface area contributed by atoms with Crippen LogP contribution < -0.4 is 0 Å². The Bertz CT molecular complexity index is 1410. The van der Waals surface area contributed by atoms with E-state index < -0.39 is 0 Å². The summed E-state index contributed by atoms with van der Waals surface area (Å²) in [6, 6.07) is 21.7. The first-order valence-electron chi connectivity index (χ1n) is 11.2. The topological polar surface area (TPSA) is 68.7 Å². The van der Waals surface area contributed by atoms with Gasteiger partial charge in [-0.05, 0) is 90.7 Å². The number of phenols is 1. The van der Waals surface area contributed by atoms with Gasteiger partial charge in [0.15, 0.2) is 5.17 Å². The Morgan fingerprint density at radius 1 is 1.03 bits per heavy atom. The van der Waals surface area contributed by atoms with Gasteiger partial charge in [-0.2, -0.15) is 0 Å². The van der Waals surface area contributed by atoms with Crippen LogP contribution in [-0.4, -0.2) is 32.6 Å². The third-order valence-electron chi connectivity index (χ3n) is 5.96. The van der Waals surface area contributed by atoms with Crippen LogP contribution in [0, 0.1) is 13.8 Å². The molecule has 0 aliphatic carbocycles. The van der Waals surface area contributed by atoms with Gasteiger partial charge in [-0.3, -0.25) is 9.69 Å². The van der Waals surface area contributed by atoms with Gasteiger partial charge in [0.25, 0.3) is 5.91 Å². The summed E-state index contributed by atoms with van der Waals surface area (Å²) in [6.07, 6.45) is 4.62. The molecule has 5 nitrogen and oxygen atoms in total. The zero-order valence-corrected chi connectivity index (χ0v) is 19.9. The van der Waals surface area contributed by atoms with Crippen LogP contribution in [0.25, 0.3) is 17.0 Å². The number of hydrogen-bond acceptors (Lipinski definition) is 4. The van der Waals surface area contributed by atoms with Crippen molar-refractivity contribution in [1.82, 2.24) is 9.88 Å². The summed E-state index contributed by atoms with van der Waals surface area (Å²) in [6.45, 7) is 4.26. The Kier molecular flexibility index (Phi) is 5.99. The minimum Gasteiger partial charge on any atom is -0.507 e. The predicted octanol–water partition coefficient (Wildman–Crippen LogP) is 6.34. The van der Waals surface area contributed by atoms with Crippen LogP contribution in [0.15, 0.2) is 82.8 Å². The van der Waals surface area contributed by atoms with E-state index in [1.807, 2.05) is 80.7 Å². The van der Waals surface area contributed by atoms with Crippen molar-refractivity contribution >= 4 is 45.5 Å². The van der Waals surface area contributed by atoms with Crippen LogP contribution in [0.4, 0.5) is 5.69 Å². The number of carbonyl (C=O) groups is 1. The number of thioether (sulfide) groups is 1. The number of aliphatic imine (C=N–C) groups is 1. The third kappa shape index (κ3) is 4.37. The zero-order chi connectivity index (χ0) is 23.7. The van der Waals surface area contributed by atoms with Crippen molar-refractivity contribution in [3.63, 3.8) is 0 Å². The van der Waals surface area contributed by atoms with E-state index in [1.165, 1.54) is 22.7 Å². The van der Waals surface area contributed by atoms with Crippen molar-refractivity contribution in [1.29, 1.82) is 0 Å². The van der Waals surface area contributed by atoms with Crippen molar-refractivity contribution in [3.8, 4) is 5.75 Å². The highest BCUT2D eigenvalue weighted by molar-refractivity contribution is 8.18. The number of amides is 1. The number of H-pyrrole nitrogens is 1. The number of aromatic hydroxyl groups is 1. The maximum absolute atomic E-state index is 13.5. The SMILES string of the molecule is Cc1cc(/C=C2\SC(=Nc3ccccc3)N(CCc3c[nH]c4ccccc34)C2=O)cc(C)c1O. The Morgan fingerprint density at radius 3 is 2.50 bits per heavy atom. The first kappa shape index (κ1) is 22.0. The summed E-state index contributed by atoms with van der Waals surface area (Å²) >= 11 is 1.39. The first-order valence-corrected chi connectivity index (χ1v) is 12.0. The molecule has 1 saturated heterocycles. The lowest BCUT2D eigenvalue weighted by molar-refractivity contribution is -0.122. The Hall–Kier alpha value is -3.77. The minimum absolute atomic E-state index is 0.0529. The molecule has 4 aromatic rings. The van der Waals surface area contributed by atoms with Crippen molar-refractivity contribution in [2.75, 3.05) is 6.54 Å². The van der Waals surface area contributed by atoms with E-state index in [2.05, 4.69) is 17.1 Å². The number of nitrogens with zero attached hydrogens (tertiary/aromatic N) is 2. The number of aryl methyl sites for hydroxylation is 2. The highest BCUT2D eigenvalue weighted by Crippen LogP contribution is 2.35. The van der Waals surface area contributed by atoms with E-state index >= 15 is 0 Å². The molecule has 6 heteroatoms. The highest BCUT2D eigenvalue weighted by atomic mass is 32.2. The number of phenolic OH excluding ortho intramolecular Hbond substituents is 1. The van der Waals surface area contributed by atoms with Gasteiger partial charge in [-0.15, -0.1) is 0 Å². The monoisotopic (exact) mass is 467 g/mol. The van der Waals surface area contributed by atoms with Gasteiger partial charge < -0.3 is 10.1 Å². The van der Waals surface area contributed by atoms with Gasteiger partial charge in [0.1, 0.15) is 5.75 Å². The Balaban J connectivity index is 1.47. The Morgan fingerprint density at radius 2 is 1.74 bits per heavy atom. The molecular weight excluding hydrogens is 442 g/mol. The lowest BCUT2D eigenvalue weighted by Crippen LogP contribution is -2.31. The number of aromatic nitrogens is 1.